The van der Waals surface area contributed by atoms with Crippen LogP contribution in [-0.4, -0.2) is 35.6 Å². The Morgan fingerprint density at radius 3 is 2.06 bits per heavy atom. The van der Waals surface area contributed by atoms with Crippen LogP contribution in [0.5, 0.6) is 0 Å². The molecule has 5 heteroatoms. The van der Waals surface area contributed by atoms with Crippen LogP contribution >= 0.6 is 0 Å². The summed E-state index contributed by atoms with van der Waals surface area (Å²) in [6.45, 7) is 9.44. The number of carbonyl (C=O) groups excluding carboxylic acids is 1. The Hall–Kier alpha value is -1.10. The minimum Gasteiger partial charge on any atom is -0.481 e. The summed E-state index contributed by atoms with van der Waals surface area (Å²) >= 11 is 0. The zero-order valence-corrected chi connectivity index (χ0v) is 10.7. The molecule has 0 saturated heterocycles. The molecule has 0 rings (SSSR count). The van der Waals surface area contributed by atoms with E-state index in [0.29, 0.717) is 6.54 Å². The van der Waals surface area contributed by atoms with Crippen molar-refractivity contribution in [3.63, 3.8) is 0 Å². The molecule has 0 fully saturated rings. The molecule has 0 atom stereocenters. The molecule has 0 heterocycles. The first-order valence-corrected chi connectivity index (χ1v) is 5.40. The number of carboxylic acid groups (broad SMARTS) is 1. The van der Waals surface area contributed by atoms with Gasteiger partial charge in [0.05, 0.1) is 17.5 Å². The Morgan fingerprint density at radius 2 is 1.69 bits per heavy atom. The number of carbonyl (C=O) groups is 2. The average Bonchev–Trinajstić information content (AvgIpc) is 2.13. The number of carboxylic acids is 1. The van der Waals surface area contributed by atoms with Gasteiger partial charge in [0.2, 0.25) is 5.91 Å². The first-order valence-electron chi connectivity index (χ1n) is 5.40. The highest BCUT2D eigenvalue weighted by molar-refractivity contribution is 5.81. The molecule has 94 valence electrons. The minimum absolute atomic E-state index is 0.193. The van der Waals surface area contributed by atoms with E-state index in [1.54, 1.807) is 27.7 Å². The van der Waals surface area contributed by atoms with Gasteiger partial charge in [0.25, 0.3) is 0 Å². The van der Waals surface area contributed by atoms with Crippen molar-refractivity contribution >= 4 is 11.9 Å². The summed E-state index contributed by atoms with van der Waals surface area (Å²) in [6.07, 6.45) is 0. The third kappa shape index (κ3) is 3.48. The molecule has 0 aromatic heterocycles. The van der Waals surface area contributed by atoms with Crippen molar-refractivity contribution in [1.29, 1.82) is 0 Å². The van der Waals surface area contributed by atoms with E-state index in [1.807, 2.05) is 6.92 Å². The summed E-state index contributed by atoms with van der Waals surface area (Å²) in [6, 6.07) is 0. The van der Waals surface area contributed by atoms with Crippen molar-refractivity contribution in [1.82, 2.24) is 10.6 Å². The zero-order valence-electron chi connectivity index (χ0n) is 10.7. The van der Waals surface area contributed by atoms with Crippen LogP contribution in [0.3, 0.4) is 0 Å². The first kappa shape index (κ1) is 14.9. The van der Waals surface area contributed by atoms with Crippen molar-refractivity contribution in [3.05, 3.63) is 0 Å². The van der Waals surface area contributed by atoms with Crippen LogP contribution < -0.4 is 10.6 Å². The van der Waals surface area contributed by atoms with E-state index >= 15 is 0 Å². The molecule has 3 N–H and O–H groups in total. The third-order valence-corrected chi connectivity index (χ3v) is 3.08. The summed E-state index contributed by atoms with van der Waals surface area (Å²) < 4.78 is 0. The lowest BCUT2D eigenvalue weighted by Crippen LogP contribution is -2.58. The Labute approximate surface area is 96.6 Å². The normalized spacial score (nSPS) is 12.3. The van der Waals surface area contributed by atoms with Crippen molar-refractivity contribution in [2.45, 2.75) is 40.2 Å². The number of likely N-dealkylation sites (N-methyl/N-ethyl adjacent to an activating group) is 1. The first-order chi connectivity index (χ1) is 7.15. The Kier molecular flexibility index (Phi) is 4.93. The van der Waals surface area contributed by atoms with E-state index in [1.165, 1.54) is 0 Å². The molecule has 5 nitrogen and oxygen atoms in total. The molecule has 0 aliphatic heterocycles. The maximum absolute atomic E-state index is 11.5. The van der Waals surface area contributed by atoms with E-state index in [0.717, 1.165) is 0 Å². The monoisotopic (exact) mass is 230 g/mol. The lowest BCUT2D eigenvalue weighted by molar-refractivity contribution is -0.151. The summed E-state index contributed by atoms with van der Waals surface area (Å²) in [7, 11) is 0. The molecular weight excluding hydrogens is 208 g/mol. The van der Waals surface area contributed by atoms with Gasteiger partial charge in [-0.2, -0.15) is 0 Å². The number of aliphatic carboxylic acids is 1. The smallest absolute Gasteiger partial charge is 0.311 e. The van der Waals surface area contributed by atoms with Crippen LogP contribution in [0.1, 0.15) is 34.6 Å². The standard InChI is InChI=1S/C11H22N2O3/c1-6-12-7-8(14)13-11(4,5)10(2,3)9(15)16/h12H,6-7H2,1-5H3,(H,13,14)(H,15,16). The summed E-state index contributed by atoms with van der Waals surface area (Å²) in [5, 5.41) is 14.7. The van der Waals surface area contributed by atoms with Crippen LogP contribution in [0.25, 0.3) is 0 Å². The van der Waals surface area contributed by atoms with Crippen LogP contribution in [0.2, 0.25) is 0 Å². The van der Waals surface area contributed by atoms with Gasteiger partial charge < -0.3 is 15.7 Å². The van der Waals surface area contributed by atoms with Crippen LogP contribution in [0.15, 0.2) is 0 Å². The lowest BCUT2D eigenvalue weighted by Gasteiger charge is -2.38. The molecule has 0 spiro atoms. The number of hydrogen-bond donors (Lipinski definition) is 3. The second-order valence-electron chi connectivity index (χ2n) is 4.88. The molecule has 0 bridgehead atoms. The van der Waals surface area contributed by atoms with Crippen LogP contribution in [0, 0.1) is 5.41 Å². The van der Waals surface area contributed by atoms with Gasteiger partial charge in [0.1, 0.15) is 0 Å². The lowest BCUT2D eigenvalue weighted by atomic mass is 9.74. The molecule has 0 aliphatic carbocycles. The maximum Gasteiger partial charge on any atom is 0.311 e. The molecule has 0 unspecified atom stereocenters. The van der Waals surface area contributed by atoms with Gasteiger partial charge in [-0.15, -0.1) is 0 Å². The highest BCUT2D eigenvalue weighted by Gasteiger charge is 2.44. The van der Waals surface area contributed by atoms with E-state index < -0.39 is 16.9 Å². The highest BCUT2D eigenvalue weighted by atomic mass is 16.4. The van der Waals surface area contributed by atoms with Gasteiger partial charge in [0.15, 0.2) is 0 Å². The summed E-state index contributed by atoms with van der Waals surface area (Å²) in [4.78, 5) is 22.6. The molecule has 0 aromatic carbocycles. The minimum atomic E-state index is -1.02. The van der Waals surface area contributed by atoms with Gasteiger partial charge in [-0.3, -0.25) is 9.59 Å². The number of nitrogens with one attached hydrogen (secondary N) is 2. The SMILES string of the molecule is CCNCC(=O)NC(C)(C)C(C)(C)C(=O)O. The molecule has 0 radical (unpaired) electrons. The van der Waals surface area contributed by atoms with Crippen LogP contribution in [0.4, 0.5) is 0 Å². The van der Waals surface area contributed by atoms with Crippen molar-refractivity contribution < 1.29 is 14.7 Å². The summed E-state index contributed by atoms with van der Waals surface area (Å²) in [5.74, 6) is -1.12. The average molecular weight is 230 g/mol. The molecule has 16 heavy (non-hydrogen) atoms. The fourth-order valence-electron chi connectivity index (χ4n) is 1.05. The summed E-state index contributed by atoms with van der Waals surface area (Å²) in [5.41, 5.74) is -1.82. The third-order valence-electron chi connectivity index (χ3n) is 3.08. The Bertz CT molecular complexity index is 272. The molecular formula is C11H22N2O3. The molecule has 0 saturated carbocycles. The maximum atomic E-state index is 11.5. The van der Waals surface area contributed by atoms with Crippen molar-refractivity contribution in [3.8, 4) is 0 Å². The van der Waals surface area contributed by atoms with E-state index in [2.05, 4.69) is 10.6 Å². The number of hydrogen-bond acceptors (Lipinski definition) is 3. The van der Waals surface area contributed by atoms with Gasteiger partial charge in [0, 0.05) is 0 Å². The molecule has 1 amide bonds. The topological polar surface area (TPSA) is 78.4 Å². The van der Waals surface area contributed by atoms with Crippen molar-refractivity contribution in [2.75, 3.05) is 13.1 Å². The predicted molar refractivity (Wildman–Crippen MR) is 62.2 cm³/mol. The molecule has 0 aliphatic rings. The van der Waals surface area contributed by atoms with E-state index in [-0.39, 0.29) is 12.5 Å². The fourth-order valence-corrected chi connectivity index (χ4v) is 1.05. The van der Waals surface area contributed by atoms with E-state index in [4.69, 9.17) is 5.11 Å². The van der Waals surface area contributed by atoms with Gasteiger partial charge >= 0.3 is 5.97 Å². The Morgan fingerprint density at radius 1 is 1.19 bits per heavy atom. The predicted octanol–water partition coefficient (Wildman–Crippen LogP) is 0.601. The Balaban J connectivity index is 4.56. The second-order valence-corrected chi connectivity index (χ2v) is 4.88. The second kappa shape index (κ2) is 5.30. The van der Waals surface area contributed by atoms with Crippen LogP contribution in [-0.2, 0) is 9.59 Å². The molecule has 0 aromatic rings. The number of rotatable bonds is 6. The van der Waals surface area contributed by atoms with Gasteiger partial charge in [-0.05, 0) is 34.2 Å². The number of amides is 1. The highest BCUT2D eigenvalue weighted by Crippen LogP contribution is 2.30. The van der Waals surface area contributed by atoms with Gasteiger partial charge in [-0.1, -0.05) is 6.92 Å². The van der Waals surface area contributed by atoms with Gasteiger partial charge in [-0.25, -0.2) is 0 Å². The van der Waals surface area contributed by atoms with Crippen molar-refractivity contribution in [2.24, 2.45) is 5.41 Å². The fraction of sp³-hybridized carbons (Fsp3) is 0.818. The van der Waals surface area contributed by atoms with E-state index in [9.17, 15) is 9.59 Å². The zero-order chi connectivity index (χ0) is 13.0. The largest absolute Gasteiger partial charge is 0.481 e. The quantitative estimate of drug-likeness (QED) is 0.624.